The molecule has 1 N–H and O–H groups in total. The third kappa shape index (κ3) is 3.40. The monoisotopic (exact) mass is 373 g/mol. The highest BCUT2D eigenvalue weighted by Crippen LogP contribution is 2.40. The van der Waals surface area contributed by atoms with Gasteiger partial charge in [-0.15, -0.1) is 0 Å². The van der Waals surface area contributed by atoms with Crippen LogP contribution in [-0.4, -0.2) is 23.3 Å². The largest absolute Gasteiger partial charge is 0.339 e. The second kappa shape index (κ2) is 5.84. The van der Waals surface area contributed by atoms with E-state index in [4.69, 9.17) is 11.6 Å². The number of benzene rings is 1. The number of nitrogens with zero attached hydrogens (tertiary/aromatic N) is 2. The SMILES string of the molecule is Cc1cccc(Nc2nc(Cl)ncc2Br)c1P(C)(C)=O. The lowest BCUT2D eigenvalue weighted by Gasteiger charge is -2.17. The Morgan fingerprint density at radius 3 is 2.70 bits per heavy atom. The molecule has 0 saturated heterocycles. The van der Waals surface area contributed by atoms with Gasteiger partial charge in [0.05, 0.1) is 10.2 Å². The maximum atomic E-state index is 12.5. The third-order valence-corrected chi connectivity index (χ3v) is 5.18. The summed E-state index contributed by atoms with van der Waals surface area (Å²) in [5.74, 6) is 0.547. The summed E-state index contributed by atoms with van der Waals surface area (Å²) < 4.78 is 13.2. The van der Waals surface area contributed by atoms with Crippen LogP contribution in [0.4, 0.5) is 11.5 Å². The summed E-state index contributed by atoms with van der Waals surface area (Å²) in [4.78, 5) is 8.01. The van der Waals surface area contributed by atoms with E-state index in [0.717, 1.165) is 16.6 Å². The van der Waals surface area contributed by atoms with Gasteiger partial charge in [-0.25, -0.2) is 4.98 Å². The smallest absolute Gasteiger partial charge is 0.224 e. The first-order valence-electron chi connectivity index (χ1n) is 5.89. The number of rotatable bonds is 3. The van der Waals surface area contributed by atoms with Gasteiger partial charge >= 0.3 is 0 Å². The molecule has 1 aromatic heterocycles. The van der Waals surface area contributed by atoms with Crippen molar-refractivity contribution in [2.24, 2.45) is 0 Å². The lowest BCUT2D eigenvalue weighted by Crippen LogP contribution is -2.13. The highest BCUT2D eigenvalue weighted by Gasteiger charge is 2.19. The van der Waals surface area contributed by atoms with Crippen molar-refractivity contribution in [3.8, 4) is 0 Å². The number of nitrogens with one attached hydrogen (secondary N) is 1. The van der Waals surface area contributed by atoms with Crippen LogP contribution in [0, 0.1) is 6.92 Å². The Labute approximate surface area is 131 Å². The Morgan fingerprint density at radius 2 is 2.05 bits per heavy atom. The number of anilines is 2. The summed E-state index contributed by atoms with van der Waals surface area (Å²) in [6.07, 6.45) is 1.57. The van der Waals surface area contributed by atoms with Gasteiger partial charge in [-0.3, -0.25) is 0 Å². The molecule has 0 spiro atoms. The summed E-state index contributed by atoms with van der Waals surface area (Å²) in [7, 11) is -2.41. The average molecular weight is 375 g/mol. The molecular formula is C13H14BrClN3OP. The first kappa shape index (κ1) is 15.5. The molecule has 1 heterocycles. The van der Waals surface area contributed by atoms with Gasteiger partial charge in [-0.05, 0) is 59.4 Å². The summed E-state index contributed by atoms with van der Waals surface area (Å²) in [6, 6.07) is 5.74. The normalized spacial score (nSPS) is 11.4. The maximum absolute atomic E-state index is 12.5. The minimum absolute atomic E-state index is 0.154. The first-order valence-corrected chi connectivity index (χ1v) is 9.66. The Hall–Kier alpha value is -0.900. The van der Waals surface area contributed by atoms with Gasteiger partial charge in [0, 0.05) is 11.5 Å². The van der Waals surface area contributed by atoms with Gasteiger partial charge < -0.3 is 9.88 Å². The summed E-state index contributed by atoms with van der Waals surface area (Å²) in [5.41, 5.74) is 1.76. The first-order chi connectivity index (χ1) is 9.29. The molecule has 0 radical (unpaired) electrons. The standard InChI is InChI=1S/C13H14BrClN3OP/c1-8-5-4-6-10(11(8)20(2,3)19)17-12-9(14)7-16-13(15)18-12/h4-7H,1-3H3,(H,16,17,18). The molecule has 0 unspecified atom stereocenters. The van der Waals surface area contributed by atoms with Gasteiger partial charge in [0.25, 0.3) is 0 Å². The molecule has 0 saturated carbocycles. The van der Waals surface area contributed by atoms with E-state index in [9.17, 15) is 4.57 Å². The molecule has 2 aromatic rings. The van der Waals surface area contributed by atoms with E-state index in [0.29, 0.717) is 10.3 Å². The minimum Gasteiger partial charge on any atom is -0.339 e. The van der Waals surface area contributed by atoms with Crippen molar-refractivity contribution < 1.29 is 4.57 Å². The van der Waals surface area contributed by atoms with E-state index in [-0.39, 0.29) is 5.28 Å². The summed E-state index contributed by atoms with van der Waals surface area (Å²) in [6.45, 7) is 5.45. The number of aryl methyl sites for hydroxylation is 1. The van der Waals surface area contributed by atoms with Gasteiger partial charge in [0.15, 0.2) is 0 Å². The van der Waals surface area contributed by atoms with E-state index >= 15 is 0 Å². The average Bonchev–Trinajstić information content (AvgIpc) is 2.32. The van der Waals surface area contributed by atoms with Crippen LogP contribution in [-0.2, 0) is 4.57 Å². The molecule has 106 valence electrons. The van der Waals surface area contributed by atoms with Crippen LogP contribution in [0.15, 0.2) is 28.9 Å². The van der Waals surface area contributed by atoms with E-state index in [1.165, 1.54) is 0 Å². The van der Waals surface area contributed by atoms with Crippen molar-refractivity contribution in [1.82, 2.24) is 9.97 Å². The lowest BCUT2D eigenvalue weighted by molar-refractivity contribution is 0.588. The van der Waals surface area contributed by atoms with Crippen LogP contribution in [0.5, 0.6) is 0 Å². The number of aromatic nitrogens is 2. The molecule has 7 heteroatoms. The van der Waals surface area contributed by atoms with Crippen LogP contribution in [0.1, 0.15) is 5.56 Å². The molecule has 0 aliphatic carbocycles. The van der Waals surface area contributed by atoms with Crippen molar-refractivity contribution in [3.63, 3.8) is 0 Å². The second-order valence-electron chi connectivity index (χ2n) is 4.78. The highest BCUT2D eigenvalue weighted by atomic mass is 79.9. The molecule has 0 aliphatic heterocycles. The predicted octanol–water partition coefficient (Wildman–Crippen LogP) is 4.19. The fourth-order valence-electron chi connectivity index (χ4n) is 2.04. The van der Waals surface area contributed by atoms with Crippen LogP contribution >= 0.6 is 34.7 Å². The Kier molecular flexibility index (Phi) is 4.52. The molecule has 1 aromatic carbocycles. The zero-order chi connectivity index (χ0) is 14.9. The molecule has 4 nitrogen and oxygen atoms in total. The Balaban J connectivity index is 2.52. The molecule has 0 aliphatic rings. The van der Waals surface area contributed by atoms with Crippen LogP contribution in [0.25, 0.3) is 0 Å². The fraction of sp³-hybridized carbons (Fsp3) is 0.231. The van der Waals surface area contributed by atoms with Crippen LogP contribution < -0.4 is 10.6 Å². The zero-order valence-electron chi connectivity index (χ0n) is 11.3. The minimum atomic E-state index is -2.41. The van der Waals surface area contributed by atoms with E-state index in [2.05, 4.69) is 31.2 Å². The van der Waals surface area contributed by atoms with Gasteiger partial charge in [0.2, 0.25) is 5.28 Å². The predicted molar refractivity (Wildman–Crippen MR) is 88.3 cm³/mol. The van der Waals surface area contributed by atoms with Crippen molar-refractivity contribution in [3.05, 3.63) is 39.7 Å². The third-order valence-electron chi connectivity index (χ3n) is 2.74. The van der Waals surface area contributed by atoms with E-state index in [1.54, 1.807) is 19.5 Å². The van der Waals surface area contributed by atoms with Gasteiger partial charge in [-0.2, -0.15) is 4.98 Å². The van der Waals surface area contributed by atoms with Gasteiger partial charge in [-0.1, -0.05) is 12.1 Å². The Morgan fingerprint density at radius 1 is 1.35 bits per heavy atom. The van der Waals surface area contributed by atoms with Crippen molar-refractivity contribution >= 4 is 51.5 Å². The van der Waals surface area contributed by atoms with E-state index < -0.39 is 7.14 Å². The molecule has 0 atom stereocenters. The quantitative estimate of drug-likeness (QED) is 0.646. The van der Waals surface area contributed by atoms with Crippen LogP contribution in [0.3, 0.4) is 0 Å². The number of halogens is 2. The molecule has 0 bridgehead atoms. The highest BCUT2D eigenvalue weighted by molar-refractivity contribution is 9.10. The van der Waals surface area contributed by atoms with E-state index in [1.807, 2.05) is 25.1 Å². The molecule has 20 heavy (non-hydrogen) atoms. The summed E-state index contributed by atoms with van der Waals surface area (Å²) >= 11 is 9.17. The maximum Gasteiger partial charge on any atom is 0.224 e. The second-order valence-corrected chi connectivity index (χ2v) is 9.12. The van der Waals surface area contributed by atoms with Crippen molar-refractivity contribution in [2.45, 2.75) is 6.92 Å². The van der Waals surface area contributed by atoms with Crippen molar-refractivity contribution in [2.75, 3.05) is 18.6 Å². The summed E-state index contributed by atoms with van der Waals surface area (Å²) in [5, 5.41) is 4.15. The molecule has 0 amide bonds. The molecule has 2 rings (SSSR count). The number of hydrogen-bond acceptors (Lipinski definition) is 4. The molecule has 0 fully saturated rings. The molecular weight excluding hydrogens is 360 g/mol. The number of hydrogen-bond donors (Lipinski definition) is 1. The Bertz CT molecular complexity index is 702. The van der Waals surface area contributed by atoms with Crippen LogP contribution in [0.2, 0.25) is 5.28 Å². The van der Waals surface area contributed by atoms with Gasteiger partial charge in [0.1, 0.15) is 13.0 Å². The van der Waals surface area contributed by atoms with Crippen molar-refractivity contribution in [1.29, 1.82) is 0 Å². The zero-order valence-corrected chi connectivity index (χ0v) is 14.6. The lowest BCUT2D eigenvalue weighted by atomic mass is 10.2. The fourth-order valence-corrected chi connectivity index (χ4v) is 4.09. The topological polar surface area (TPSA) is 54.9 Å².